The first-order chi connectivity index (χ1) is 28.2. The van der Waals surface area contributed by atoms with Crippen molar-refractivity contribution in [1.82, 2.24) is 10.3 Å². The van der Waals surface area contributed by atoms with Gasteiger partial charge in [0.25, 0.3) is 11.8 Å². The summed E-state index contributed by atoms with van der Waals surface area (Å²) in [5.41, 5.74) is 3.54. The molecule has 0 aliphatic rings. The van der Waals surface area contributed by atoms with Crippen molar-refractivity contribution in [1.29, 1.82) is 0 Å². The summed E-state index contributed by atoms with van der Waals surface area (Å²) in [6.45, 7) is 0. The molecule has 0 aliphatic carbocycles. The fourth-order valence-corrected chi connectivity index (χ4v) is 7.49. The number of ether oxygens (including phenoxy) is 5. The average molecular weight is 817 g/mol. The summed E-state index contributed by atoms with van der Waals surface area (Å²) in [5, 5.41) is 10.3. The normalized spacial score (nSPS) is 11.5. The molecule has 3 amide bonds. The summed E-state index contributed by atoms with van der Waals surface area (Å²) in [5.74, 6) is 1.10. The number of rotatable bonds is 16. The summed E-state index contributed by atoms with van der Waals surface area (Å²) in [4.78, 5) is 46.4. The Morgan fingerprint density at radius 2 is 1.29 bits per heavy atom. The van der Waals surface area contributed by atoms with Crippen LogP contribution in [0.2, 0.25) is 0 Å². The fraction of sp³-hybridized carbons (Fsp3) is 0.136. The number of benzene rings is 5. The lowest BCUT2D eigenvalue weighted by molar-refractivity contribution is -0.116. The molecule has 0 saturated heterocycles. The van der Waals surface area contributed by atoms with Gasteiger partial charge in [-0.15, -0.1) is 23.1 Å². The highest BCUT2D eigenvalue weighted by molar-refractivity contribution is 8.00. The highest BCUT2D eigenvalue weighted by Gasteiger charge is 2.24. The van der Waals surface area contributed by atoms with Crippen molar-refractivity contribution in [2.75, 3.05) is 46.2 Å². The van der Waals surface area contributed by atoms with E-state index in [9.17, 15) is 14.4 Å². The van der Waals surface area contributed by atoms with Gasteiger partial charge in [0, 0.05) is 38.7 Å². The van der Waals surface area contributed by atoms with Gasteiger partial charge in [-0.25, -0.2) is 4.98 Å². The maximum Gasteiger partial charge on any atom is 0.272 e. The van der Waals surface area contributed by atoms with Gasteiger partial charge in [-0.1, -0.05) is 48.5 Å². The maximum absolute atomic E-state index is 13.9. The number of hydrogen-bond donors (Lipinski definition) is 3. The van der Waals surface area contributed by atoms with Crippen molar-refractivity contribution in [3.63, 3.8) is 0 Å². The second kappa shape index (κ2) is 19.4. The van der Waals surface area contributed by atoms with Crippen molar-refractivity contribution in [3.8, 4) is 40.0 Å². The lowest BCUT2D eigenvalue weighted by Crippen LogP contribution is -2.30. The molecule has 0 fully saturated rings. The SMILES string of the molecule is COc1cc(OC)c(OC)cc1/C=C(\NC(=O)c1ccccc1)C(=O)Nc1ccc(SC(C(=O)Nc2nc(-c3ccc(OC)c(OC)c3)cs2)c2ccccc2)cc1. The molecular weight excluding hydrogens is 777 g/mol. The Labute approximate surface area is 344 Å². The standard InChI is InChI=1S/C44H40N4O8S2/c1-52-35-21-16-29(23-37(35)54-3)34-26-57-44(47-34)48-43(51)40(27-12-8-6-9-13-27)58-32-19-17-31(18-20-32)45-42(50)33(46-41(49)28-14-10-7-11-15-28)22-30-24-38(55-4)39(56-5)25-36(30)53-2/h6-26,40H,1-5H3,(H,45,50)(H,46,49)(H,47,48,51)/b33-22-. The number of thiazole rings is 1. The lowest BCUT2D eigenvalue weighted by Gasteiger charge is -2.17. The highest BCUT2D eigenvalue weighted by atomic mass is 32.2. The molecule has 5 aromatic carbocycles. The fourth-order valence-electron chi connectivity index (χ4n) is 5.75. The molecule has 0 bridgehead atoms. The predicted octanol–water partition coefficient (Wildman–Crippen LogP) is 8.73. The zero-order valence-corrected chi connectivity index (χ0v) is 33.9. The van der Waals surface area contributed by atoms with E-state index in [0.717, 1.165) is 16.0 Å². The molecule has 58 heavy (non-hydrogen) atoms. The molecular formula is C44H40N4O8S2. The monoisotopic (exact) mass is 816 g/mol. The molecule has 12 nitrogen and oxygen atoms in total. The molecule has 296 valence electrons. The lowest BCUT2D eigenvalue weighted by atomic mass is 10.1. The number of carbonyl (C=O) groups is 3. The molecule has 1 heterocycles. The van der Waals surface area contributed by atoms with Gasteiger partial charge >= 0.3 is 0 Å². The topological polar surface area (TPSA) is 146 Å². The first-order valence-electron chi connectivity index (χ1n) is 17.7. The van der Waals surface area contributed by atoms with E-state index in [1.54, 1.807) is 68.8 Å². The van der Waals surface area contributed by atoms with Crippen LogP contribution >= 0.6 is 23.1 Å². The Bertz CT molecular complexity index is 2400. The number of hydrogen-bond acceptors (Lipinski definition) is 11. The Balaban J connectivity index is 1.21. The van der Waals surface area contributed by atoms with Crippen LogP contribution in [0, 0.1) is 0 Å². The number of aromatic nitrogens is 1. The van der Waals surface area contributed by atoms with Crippen molar-refractivity contribution in [2.24, 2.45) is 0 Å². The van der Waals surface area contributed by atoms with Gasteiger partial charge in [0.15, 0.2) is 28.1 Å². The van der Waals surface area contributed by atoms with Crippen molar-refractivity contribution in [2.45, 2.75) is 10.1 Å². The van der Waals surface area contributed by atoms with Gasteiger partial charge in [0.05, 0.1) is 41.2 Å². The number of amides is 3. The second-order valence-corrected chi connectivity index (χ2v) is 14.3. The maximum atomic E-state index is 13.9. The number of thioether (sulfide) groups is 1. The third-order valence-electron chi connectivity index (χ3n) is 8.68. The van der Waals surface area contributed by atoms with Crippen LogP contribution in [0.25, 0.3) is 17.3 Å². The van der Waals surface area contributed by atoms with E-state index in [-0.39, 0.29) is 11.6 Å². The summed E-state index contributed by atoms with van der Waals surface area (Å²) in [7, 11) is 7.64. The summed E-state index contributed by atoms with van der Waals surface area (Å²) < 4.78 is 27.2. The third-order valence-corrected chi connectivity index (χ3v) is 10.7. The molecule has 1 unspecified atom stereocenters. The first kappa shape index (κ1) is 40.9. The van der Waals surface area contributed by atoms with Gasteiger partial charge in [0.2, 0.25) is 5.91 Å². The number of carbonyl (C=O) groups excluding carboxylic acids is 3. The van der Waals surface area contributed by atoms with Crippen LogP contribution in [0.15, 0.2) is 131 Å². The Hall–Kier alpha value is -6.77. The molecule has 0 spiro atoms. The third kappa shape index (κ3) is 9.96. The number of methoxy groups -OCH3 is 5. The van der Waals surface area contributed by atoms with E-state index in [4.69, 9.17) is 23.7 Å². The van der Waals surface area contributed by atoms with E-state index in [1.165, 1.54) is 50.5 Å². The van der Waals surface area contributed by atoms with E-state index >= 15 is 0 Å². The molecule has 14 heteroatoms. The Morgan fingerprint density at radius 3 is 1.95 bits per heavy atom. The van der Waals surface area contributed by atoms with Gasteiger partial charge in [0.1, 0.15) is 16.7 Å². The van der Waals surface area contributed by atoms with Gasteiger partial charge in [-0.05, 0) is 72.3 Å². The minimum Gasteiger partial charge on any atom is -0.496 e. The highest BCUT2D eigenvalue weighted by Crippen LogP contribution is 2.39. The largest absolute Gasteiger partial charge is 0.496 e. The van der Waals surface area contributed by atoms with Crippen molar-refractivity contribution in [3.05, 3.63) is 143 Å². The molecule has 6 aromatic rings. The quantitative estimate of drug-likeness (QED) is 0.0641. The number of nitrogens with one attached hydrogen (secondary N) is 3. The number of anilines is 2. The molecule has 0 saturated carbocycles. The molecule has 0 radical (unpaired) electrons. The van der Waals surface area contributed by atoms with Gasteiger partial charge in [-0.2, -0.15) is 0 Å². The average Bonchev–Trinajstić information content (AvgIpc) is 3.74. The minimum absolute atomic E-state index is 0.0462. The zero-order valence-electron chi connectivity index (χ0n) is 32.2. The van der Waals surface area contributed by atoms with Crippen LogP contribution in [0.5, 0.6) is 28.7 Å². The van der Waals surface area contributed by atoms with Crippen LogP contribution in [0.3, 0.4) is 0 Å². The van der Waals surface area contributed by atoms with E-state index < -0.39 is 17.1 Å². The second-order valence-electron chi connectivity index (χ2n) is 12.3. The van der Waals surface area contributed by atoms with Gasteiger partial charge < -0.3 is 39.6 Å². The van der Waals surface area contributed by atoms with Crippen molar-refractivity contribution >= 4 is 57.7 Å². The summed E-state index contributed by atoms with van der Waals surface area (Å²) >= 11 is 2.67. The zero-order chi connectivity index (χ0) is 41.0. The van der Waals surface area contributed by atoms with Crippen LogP contribution in [-0.2, 0) is 9.59 Å². The molecule has 6 rings (SSSR count). The van der Waals surface area contributed by atoms with E-state index in [0.29, 0.717) is 56.4 Å². The number of nitrogens with zero attached hydrogens (tertiary/aromatic N) is 1. The van der Waals surface area contributed by atoms with Crippen LogP contribution in [0.4, 0.5) is 10.8 Å². The Morgan fingerprint density at radius 1 is 0.672 bits per heavy atom. The predicted molar refractivity (Wildman–Crippen MR) is 227 cm³/mol. The first-order valence-corrected chi connectivity index (χ1v) is 19.5. The van der Waals surface area contributed by atoms with Crippen LogP contribution in [-0.4, -0.2) is 58.3 Å². The molecule has 1 aromatic heterocycles. The van der Waals surface area contributed by atoms with E-state index in [1.807, 2.05) is 66.0 Å². The minimum atomic E-state index is -0.630. The van der Waals surface area contributed by atoms with E-state index in [2.05, 4.69) is 20.9 Å². The van der Waals surface area contributed by atoms with Crippen LogP contribution < -0.4 is 39.6 Å². The summed E-state index contributed by atoms with van der Waals surface area (Å²) in [6.07, 6.45) is 1.50. The smallest absolute Gasteiger partial charge is 0.272 e. The molecule has 3 N–H and O–H groups in total. The molecule has 0 aliphatic heterocycles. The Kier molecular flexibility index (Phi) is 13.7. The van der Waals surface area contributed by atoms with Crippen molar-refractivity contribution < 1.29 is 38.1 Å². The van der Waals surface area contributed by atoms with Gasteiger partial charge in [-0.3, -0.25) is 14.4 Å². The molecule has 1 atom stereocenters. The summed E-state index contributed by atoms with van der Waals surface area (Å²) in [6, 6.07) is 33.9. The van der Waals surface area contributed by atoms with Crippen LogP contribution in [0.1, 0.15) is 26.7 Å².